The Kier molecular flexibility index (Phi) is 5.84. The van der Waals surface area contributed by atoms with Gasteiger partial charge in [0.2, 0.25) is 0 Å². The number of nitrogens with one attached hydrogen (secondary N) is 1. The Hall–Kier alpha value is -0.850. The number of rotatable bonds is 4. The summed E-state index contributed by atoms with van der Waals surface area (Å²) in [4.78, 5) is 20.3. The van der Waals surface area contributed by atoms with Crippen LogP contribution >= 0.6 is 23.4 Å². The number of carbonyl (C=O) groups excluding carboxylic acids is 1. The van der Waals surface area contributed by atoms with E-state index in [1.807, 2.05) is 6.26 Å². The third-order valence-electron chi connectivity index (χ3n) is 3.73. The van der Waals surface area contributed by atoms with Gasteiger partial charge < -0.3 is 10.4 Å². The molecule has 0 atom stereocenters. The molecule has 2 rings (SSSR count). The molecule has 7 heteroatoms. The van der Waals surface area contributed by atoms with Gasteiger partial charge in [-0.15, -0.1) is 0 Å². The number of halogens is 1. The standard InChI is InChI=1S/C14H20ClN3O2S/c1-21-13-16-8-10(15)11(18-13)12(19)17-9-14(20)6-4-2-3-5-7-14/h8,20H,2-7,9H2,1H3,(H,17,19). The van der Waals surface area contributed by atoms with Gasteiger partial charge in [0.05, 0.1) is 16.8 Å². The number of aromatic nitrogens is 2. The largest absolute Gasteiger partial charge is 0.388 e. The second-order valence-electron chi connectivity index (χ2n) is 5.37. The molecule has 1 aromatic heterocycles. The minimum absolute atomic E-state index is 0.160. The summed E-state index contributed by atoms with van der Waals surface area (Å²) < 4.78 is 0. The number of carbonyl (C=O) groups is 1. The molecule has 1 fully saturated rings. The van der Waals surface area contributed by atoms with Crippen LogP contribution in [-0.4, -0.2) is 39.4 Å². The summed E-state index contributed by atoms with van der Waals surface area (Å²) in [7, 11) is 0. The van der Waals surface area contributed by atoms with Crippen molar-refractivity contribution in [1.82, 2.24) is 15.3 Å². The van der Waals surface area contributed by atoms with Gasteiger partial charge >= 0.3 is 0 Å². The monoisotopic (exact) mass is 329 g/mol. The predicted molar refractivity (Wildman–Crippen MR) is 83.8 cm³/mol. The lowest BCUT2D eigenvalue weighted by atomic mass is 9.94. The lowest BCUT2D eigenvalue weighted by molar-refractivity contribution is 0.0246. The number of amides is 1. The second-order valence-corrected chi connectivity index (χ2v) is 6.56. The van der Waals surface area contributed by atoms with Gasteiger partial charge in [0, 0.05) is 6.54 Å². The molecule has 2 N–H and O–H groups in total. The molecule has 1 aromatic rings. The summed E-state index contributed by atoms with van der Waals surface area (Å²) in [5, 5.41) is 14.0. The smallest absolute Gasteiger partial charge is 0.271 e. The third-order valence-corrected chi connectivity index (χ3v) is 4.57. The van der Waals surface area contributed by atoms with Gasteiger partial charge in [-0.1, -0.05) is 49.0 Å². The SMILES string of the molecule is CSc1ncc(Cl)c(C(=O)NCC2(O)CCCCCC2)n1. The molecule has 1 heterocycles. The van der Waals surface area contributed by atoms with E-state index in [1.165, 1.54) is 18.0 Å². The third kappa shape index (κ3) is 4.56. The first kappa shape index (κ1) is 16.5. The molecule has 0 saturated heterocycles. The van der Waals surface area contributed by atoms with E-state index in [4.69, 9.17) is 11.6 Å². The van der Waals surface area contributed by atoms with Crippen LogP contribution in [-0.2, 0) is 0 Å². The van der Waals surface area contributed by atoms with E-state index in [0.29, 0.717) is 5.16 Å². The fourth-order valence-corrected chi connectivity index (χ4v) is 3.02. The fourth-order valence-electron chi connectivity index (χ4n) is 2.50. The summed E-state index contributed by atoms with van der Waals surface area (Å²) >= 11 is 7.32. The molecule has 1 amide bonds. The average molecular weight is 330 g/mol. The predicted octanol–water partition coefficient (Wildman–Crippen LogP) is 2.67. The molecular weight excluding hydrogens is 310 g/mol. The first-order valence-corrected chi connectivity index (χ1v) is 8.71. The van der Waals surface area contributed by atoms with Gasteiger partial charge in [0.25, 0.3) is 5.91 Å². The zero-order valence-electron chi connectivity index (χ0n) is 12.1. The Balaban J connectivity index is 2.01. The molecule has 1 saturated carbocycles. The maximum atomic E-state index is 12.2. The Morgan fingerprint density at radius 2 is 2.10 bits per heavy atom. The molecule has 21 heavy (non-hydrogen) atoms. The van der Waals surface area contributed by atoms with E-state index in [9.17, 15) is 9.90 Å². The highest BCUT2D eigenvalue weighted by Crippen LogP contribution is 2.26. The van der Waals surface area contributed by atoms with E-state index in [0.717, 1.165) is 38.5 Å². The minimum Gasteiger partial charge on any atom is -0.388 e. The number of hydrogen-bond donors (Lipinski definition) is 2. The van der Waals surface area contributed by atoms with Crippen LogP contribution in [0.25, 0.3) is 0 Å². The zero-order chi connectivity index (χ0) is 15.3. The number of thioether (sulfide) groups is 1. The zero-order valence-corrected chi connectivity index (χ0v) is 13.6. The van der Waals surface area contributed by atoms with Crippen LogP contribution in [0, 0.1) is 0 Å². The van der Waals surface area contributed by atoms with Crippen molar-refractivity contribution >= 4 is 29.3 Å². The number of hydrogen-bond acceptors (Lipinski definition) is 5. The molecular formula is C14H20ClN3O2S. The highest BCUT2D eigenvalue weighted by molar-refractivity contribution is 7.98. The molecule has 116 valence electrons. The van der Waals surface area contributed by atoms with Crippen LogP contribution in [0.15, 0.2) is 11.4 Å². The molecule has 0 radical (unpaired) electrons. The molecule has 0 unspecified atom stereocenters. The highest BCUT2D eigenvalue weighted by atomic mass is 35.5. The lowest BCUT2D eigenvalue weighted by Crippen LogP contribution is -2.42. The van der Waals surface area contributed by atoms with Crippen LogP contribution in [0.1, 0.15) is 49.0 Å². The van der Waals surface area contributed by atoms with Gasteiger partial charge in [0.15, 0.2) is 10.9 Å². The maximum absolute atomic E-state index is 12.2. The lowest BCUT2D eigenvalue weighted by Gasteiger charge is -2.26. The van der Waals surface area contributed by atoms with Crippen molar-refractivity contribution in [2.24, 2.45) is 0 Å². The summed E-state index contributed by atoms with van der Waals surface area (Å²) in [5.41, 5.74) is -0.651. The topological polar surface area (TPSA) is 75.1 Å². The summed E-state index contributed by atoms with van der Waals surface area (Å²) in [5.74, 6) is -0.365. The number of nitrogens with zero attached hydrogens (tertiary/aromatic N) is 2. The molecule has 0 bridgehead atoms. The summed E-state index contributed by atoms with van der Waals surface area (Å²) in [6.07, 6.45) is 8.99. The quantitative estimate of drug-likeness (QED) is 0.504. The molecule has 0 aliphatic heterocycles. The van der Waals surface area contributed by atoms with Crippen molar-refractivity contribution in [2.45, 2.75) is 49.3 Å². The van der Waals surface area contributed by atoms with Crippen LogP contribution in [0.2, 0.25) is 5.02 Å². The van der Waals surface area contributed by atoms with E-state index in [2.05, 4.69) is 15.3 Å². The second kappa shape index (κ2) is 7.42. The van der Waals surface area contributed by atoms with E-state index in [1.54, 1.807) is 0 Å². The molecule has 1 aliphatic carbocycles. The van der Waals surface area contributed by atoms with Crippen LogP contribution < -0.4 is 5.32 Å². The first-order chi connectivity index (χ1) is 10.0. The normalized spacial score (nSPS) is 18.0. The van der Waals surface area contributed by atoms with Gasteiger partial charge in [-0.25, -0.2) is 9.97 Å². The Bertz CT molecular complexity index is 505. The van der Waals surface area contributed by atoms with Crippen molar-refractivity contribution in [3.8, 4) is 0 Å². The van der Waals surface area contributed by atoms with E-state index >= 15 is 0 Å². The fraction of sp³-hybridized carbons (Fsp3) is 0.643. The number of aliphatic hydroxyl groups is 1. The Morgan fingerprint density at radius 3 is 2.71 bits per heavy atom. The van der Waals surface area contributed by atoms with Crippen molar-refractivity contribution < 1.29 is 9.90 Å². The Labute approximate surface area is 133 Å². The van der Waals surface area contributed by atoms with Gasteiger partial charge in [0.1, 0.15) is 0 Å². The highest BCUT2D eigenvalue weighted by Gasteiger charge is 2.29. The van der Waals surface area contributed by atoms with Gasteiger partial charge in [-0.2, -0.15) is 0 Å². The van der Waals surface area contributed by atoms with E-state index < -0.39 is 5.60 Å². The van der Waals surface area contributed by atoms with Crippen LogP contribution in [0.3, 0.4) is 0 Å². The average Bonchev–Trinajstić information content (AvgIpc) is 2.71. The Morgan fingerprint density at radius 1 is 1.43 bits per heavy atom. The minimum atomic E-state index is -0.812. The van der Waals surface area contributed by atoms with Crippen molar-refractivity contribution in [1.29, 1.82) is 0 Å². The van der Waals surface area contributed by atoms with Crippen LogP contribution in [0.4, 0.5) is 0 Å². The van der Waals surface area contributed by atoms with Gasteiger partial charge in [-0.05, 0) is 19.1 Å². The molecule has 1 aliphatic rings. The van der Waals surface area contributed by atoms with Crippen molar-refractivity contribution in [2.75, 3.05) is 12.8 Å². The van der Waals surface area contributed by atoms with E-state index in [-0.39, 0.29) is 23.2 Å². The molecule has 0 aromatic carbocycles. The van der Waals surface area contributed by atoms with Crippen LogP contribution in [0.5, 0.6) is 0 Å². The first-order valence-electron chi connectivity index (χ1n) is 7.11. The molecule has 5 nitrogen and oxygen atoms in total. The van der Waals surface area contributed by atoms with Crippen molar-refractivity contribution in [3.05, 3.63) is 16.9 Å². The van der Waals surface area contributed by atoms with Gasteiger partial charge in [-0.3, -0.25) is 4.79 Å². The summed E-state index contributed by atoms with van der Waals surface area (Å²) in [6.45, 7) is 0.237. The van der Waals surface area contributed by atoms with Crippen molar-refractivity contribution in [3.63, 3.8) is 0 Å². The molecule has 0 spiro atoms. The summed E-state index contributed by atoms with van der Waals surface area (Å²) in [6, 6.07) is 0. The maximum Gasteiger partial charge on any atom is 0.271 e.